The molecule has 0 aliphatic carbocycles. The van der Waals surface area contributed by atoms with Gasteiger partial charge in [-0.25, -0.2) is 19.6 Å². The lowest BCUT2D eigenvalue weighted by Gasteiger charge is -2.02. The van der Waals surface area contributed by atoms with E-state index in [1.807, 2.05) is 0 Å². The van der Waals surface area contributed by atoms with E-state index in [1.54, 1.807) is 24.3 Å². The molecule has 1 aromatic carbocycles. The van der Waals surface area contributed by atoms with Gasteiger partial charge in [0, 0.05) is 12.4 Å². The van der Waals surface area contributed by atoms with Crippen molar-refractivity contribution < 1.29 is 19.4 Å². The maximum atomic E-state index is 11.9. The molecule has 0 aliphatic rings. The summed E-state index contributed by atoms with van der Waals surface area (Å²) in [5, 5.41) is 19.6. The Hall–Kier alpha value is -3.48. The van der Waals surface area contributed by atoms with Crippen molar-refractivity contribution in [3.63, 3.8) is 0 Å². The Morgan fingerprint density at radius 2 is 2.00 bits per heavy atom. The minimum absolute atomic E-state index is 0.0769. The zero-order valence-corrected chi connectivity index (χ0v) is 11.6. The molecule has 7 nitrogen and oxygen atoms in total. The van der Waals surface area contributed by atoms with E-state index in [0.29, 0.717) is 5.39 Å². The molecule has 0 amide bonds. The number of carbonyl (C=O) groups is 1. The van der Waals surface area contributed by atoms with Crippen molar-refractivity contribution in [2.24, 2.45) is 4.99 Å². The van der Waals surface area contributed by atoms with Crippen LogP contribution in [0.15, 0.2) is 56.8 Å². The number of para-hydroxylation sites is 1. The van der Waals surface area contributed by atoms with Crippen LogP contribution in [-0.4, -0.2) is 27.4 Å². The molecule has 0 saturated carbocycles. The molecule has 2 heterocycles. The predicted molar refractivity (Wildman–Crippen MR) is 82.6 cm³/mol. The maximum absolute atomic E-state index is 11.9. The fourth-order valence-electron chi connectivity index (χ4n) is 2.05. The molecule has 2 N–H and O–H groups in total. The highest BCUT2D eigenvalue weighted by atomic mass is 16.4. The Balaban J connectivity index is 2.12. The third kappa shape index (κ3) is 2.67. The second kappa shape index (κ2) is 5.72. The van der Waals surface area contributed by atoms with Gasteiger partial charge in [-0.15, -0.1) is 0 Å². The summed E-state index contributed by atoms with van der Waals surface area (Å²) < 4.78 is 5.10. The number of hydrogen-bond acceptors (Lipinski definition) is 6. The van der Waals surface area contributed by atoms with Crippen LogP contribution in [0.25, 0.3) is 11.0 Å². The summed E-state index contributed by atoms with van der Waals surface area (Å²) >= 11 is 0. The summed E-state index contributed by atoms with van der Waals surface area (Å²) in [6.45, 7) is 0. The number of pyridine rings is 1. The number of nitrogens with zero attached hydrogens (tertiary/aromatic N) is 2. The lowest BCUT2D eigenvalue weighted by molar-refractivity contribution is 0.0697. The first-order valence-electron chi connectivity index (χ1n) is 6.55. The fraction of sp³-hybridized carbons (Fsp3) is 0. The van der Waals surface area contributed by atoms with E-state index in [4.69, 9.17) is 9.52 Å². The topological polar surface area (TPSA) is 113 Å². The minimum atomic E-state index is -1.19. The first-order valence-corrected chi connectivity index (χ1v) is 6.55. The minimum Gasteiger partial charge on any atom is -0.506 e. The monoisotopic (exact) mass is 310 g/mol. The highest BCUT2D eigenvalue weighted by Crippen LogP contribution is 2.25. The molecule has 0 saturated heterocycles. The van der Waals surface area contributed by atoms with Crippen LogP contribution in [0.5, 0.6) is 5.75 Å². The molecule has 0 atom stereocenters. The molecule has 0 bridgehead atoms. The van der Waals surface area contributed by atoms with Gasteiger partial charge in [0.25, 0.3) is 0 Å². The summed E-state index contributed by atoms with van der Waals surface area (Å²) in [7, 11) is 0. The van der Waals surface area contributed by atoms with Gasteiger partial charge in [-0.1, -0.05) is 12.1 Å². The third-order valence-corrected chi connectivity index (χ3v) is 3.15. The lowest BCUT2D eigenvalue weighted by atomic mass is 10.1. The Labute approximate surface area is 129 Å². The molecule has 3 rings (SSSR count). The van der Waals surface area contributed by atoms with E-state index in [1.165, 1.54) is 18.3 Å². The van der Waals surface area contributed by atoms with Gasteiger partial charge in [0.15, 0.2) is 5.82 Å². The smallest absolute Gasteiger partial charge is 0.348 e. The van der Waals surface area contributed by atoms with Gasteiger partial charge < -0.3 is 14.6 Å². The van der Waals surface area contributed by atoms with Gasteiger partial charge >= 0.3 is 11.6 Å². The number of aliphatic imine (C=N–C) groups is 1. The van der Waals surface area contributed by atoms with Crippen LogP contribution in [0, 0.1) is 0 Å². The van der Waals surface area contributed by atoms with Crippen LogP contribution in [0.3, 0.4) is 0 Å². The third-order valence-electron chi connectivity index (χ3n) is 3.15. The standard InChI is InChI=1S/C16H10N2O5/c19-13-9-4-1-2-6-12(9)23-16(22)11(13)8-18-14-10(15(20)21)5-3-7-17-14/h1-8,19H,(H,20,21)/b18-8+. The van der Waals surface area contributed by atoms with Crippen LogP contribution in [0.2, 0.25) is 0 Å². The van der Waals surface area contributed by atoms with Gasteiger partial charge in [0.1, 0.15) is 22.5 Å². The van der Waals surface area contributed by atoms with Crippen LogP contribution in [0.4, 0.5) is 5.82 Å². The number of carboxylic acid groups (broad SMARTS) is 1. The second-order valence-electron chi connectivity index (χ2n) is 4.59. The molecule has 114 valence electrons. The van der Waals surface area contributed by atoms with Gasteiger partial charge in [0.05, 0.1) is 5.39 Å². The van der Waals surface area contributed by atoms with E-state index in [2.05, 4.69) is 9.98 Å². The van der Waals surface area contributed by atoms with Crippen LogP contribution < -0.4 is 5.63 Å². The van der Waals surface area contributed by atoms with Crippen molar-refractivity contribution in [2.45, 2.75) is 0 Å². The first-order chi connectivity index (χ1) is 11.1. The van der Waals surface area contributed by atoms with E-state index in [9.17, 15) is 14.7 Å². The number of fused-ring (bicyclic) bond motifs is 1. The predicted octanol–water partition coefficient (Wildman–Crippen LogP) is 2.34. The number of rotatable bonds is 3. The Morgan fingerprint density at radius 3 is 2.78 bits per heavy atom. The number of aromatic carboxylic acids is 1. The number of hydrogen-bond donors (Lipinski definition) is 2. The molecule has 0 fully saturated rings. The molecule has 0 spiro atoms. The Kier molecular flexibility index (Phi) is 3.60. The fourth-order valence-corrected chi connectivity index (χ4v) is 2.05. The van der Waals surface area contributed by atoms with Crippen LogP contribution >= 0.6 is 0 Å². The number of aromatic nitrogens is 1. The molecular weight excluding hydrogens is 300 g/mol. The van der Waals surface area contributed by atoms with Crippen molar-refractivity contribution in [3.05, 3.63) is 64.1 Å². The van der Waals surface area contributed by atoms with Gasteiger partial charge in [-0.05, 0) is 24.3 Å². The van der Waals surface area contributed by atoms with E-state index in [-0.39, 0.29) is 28.3 Å². The molecule has 0 unspecified atom stereocenters. The molecular formula is C16H10N2O5. The number of carboxylic acids is 1. The Morgan fingerprint density at radius 1 is 1.22 bits per heavy atom. The van der Waals surface area contributed by atoms with Crippen molar-refractivity contribution in [2.75, 3.05) is 0 Å². The molecule has 7 heteroatoms. The first kappa shape index (κ1) is 14.5. The van der Waals surface area contributed by atoms with Gasteiger partial charge in [0.2, 0.25) is 0 Å². The quantitative estimate of drug-likeness (QED) is 0.567. The number of benzene rings is 1. The highest BCUT2D eigenvalue weighted by molar-refractivity contribution is 5.96. The maximum Gasteiger partial charge on any atom is 0.348 e. The molecule has 3 aromatic rings. The average Bonchev–Trinajstić information content (AvgIpc) is 2.55. The molecule has 0 radical (unpaired) electrons. The second-order valence-corrected chi connectivity index (χ2v) is 4.59. The van der Waals surface area contributed by atoms with Crippen molar-refractivity contribution >= 4 is 29.0 Å². The highest BCUT2D eigenvalue weighted by Gasteiger charge is 2.13. The summed E-state index contributed by atoms with van der Waals surface area (Å²) in [5.74, 6) is -1.56. The largest absolute Gasteiger partial charge is 0.506 e. The van der Waals surface area contributed by atoms with Gasteiger partial charge in [-0.2, -0.15) is 0 Å². The lowest BCUT2D eigenvalue weighted by Crippen LogP contribution is -2.07. The Bertz CT molecular complexity index is 991. The van der Waals surface area contributed by atoms with Crippen molar-refractivity contribution in [3.8, 4) is 5.75 Å². The van der Waals surface area contributed by atoms with E-state index >= 15 is 0 Å². The van der Waals surface area contributed by atoms with Crippen molar-refractivity contribution in [1.82, 2.24) is 4.98 Å². The molecule has 2 aromatic heterocycles. The molecule has 0 aliphatic heterocycles. The summed E-state index contributed by atoms with van der Waals surface area (Å²) in [4.78, 5) is 30.8. The summed E-state index contributed by atoms with van der Waals surface area (Å²) in [5.41, 5.74) is -0.826. The zero-order valence-electron chi connectivity index (χ0n) is 11.6. The SMILES string of the molecule is O=C(O)c1cccnc1/N=C/c1c(O)c2ccccc2oc1=O. The number of aromatic hydroxyl groups is 1. The van der Waals surface area contributed by atoms with Crippen LogP contribution in [0.1, 0.15) is 15.9 Å². The normalized spacial score (nSPS) is 11.1. The van der Waals surface area contributed by atoms with Crippen molar-refractivity contribution in [1.29, 1.82) is 0 Å². The summed E-state index contributed by atoms with van der Waals surface area (Å²) in [6.07, 6.45) is 2.42. The average molecular weight is 310 g/mol. The van der Waals surface area contributed by atoms with E-state index < -0.39 is 11.6 Å². The summed E-state index contributed by atoms with van der Waals surface area (Å²) in [6, 6.07) is 9.30. The van der Waals surface area contributed by atoms with Crippen LogP contribution in [-0.2, 0) is 0 Å². The van der Waals surface area contributed by atoms with E-state index in [0.717, 1.165) is 6.21 Å². The molecule has 23 heavy (non-hydrogen) atoms. The van der Waals surface area contributed by atoms with Gasteiger partial charge in [-0.3, -0.25) is 0 Å². The zero-order chi connectivity index (χ0) is 16.4.